The van der Waals surface area contributed by atoms with E-state index in [1.54, 1.807) is 13.0 Å². The third kappa shape index (κ3) is 3.17. The van der Waals surface area contributed by atoms with Gasteiger partial charge in [-0.2, -0.15) is 13.2 Å². The van der Waals surface area contributed by atoms with Crippen LogP contribution in [0.3, 0.4) is 0 Å². The van der Waals surface area contributed by atoms with E-state index >= 15 is 0 Å². The summed E-state index contributed by atoms with van der Waals surface area (Å²) < 4.78 is 42.8. The number of ether oxygens (including phenoxy) is 1. The van der Waals surface area contributed by atoms with E-state index in [1.165, 1.54) is 19.2 Å². The number of methoxy groups -OCH3 is 1. The lowest BCUT2D eigenvalue weighted by atomic mass is 10.0. The van der Waals surface area contributed by atoms with Crippen LogP contribution in [0.15, 0.2) is 18.2 Å². The molecule has 0 aliphatic carbocycles. The first-order chi connectivity index (χ1) is 8.59. The maximum Gasteiger partial charge on any atom is 0.415 e. The number of carbonyl (C=O) groups excluding carboxylic acids is 1. The number of nitrogens with two attached hydrogens (primary N) is 1. The summed E-state index contributed by atoms with van der Waals surface area (Å²) in [6, 6.07) is 4.58. The number of halogens is 3. The normalized spacial score (nSPS) is 14.7. The van der Waals surface area contributed by atoms with Crippen molar-refractivity contribution in [1.82, 2.24) is 0 Å². The monoisotopic (exact) mass is 276 g/mol. The fourth-order valence-electron chi connectivity index (χ4n) is 1.28. The number of aryl methyl sites for hydroxylation is 1. The van der Waals surface area contributed by atoms with Crippen LogP contribution in [0.1, 0.15) is 12.5 Å². The van der Waals surface area contributed by atoms with Gasteiger partial charge in [0, 0.05) is 5.69 Å². The van der Waals surface area contributed by atoms with E-state index in [0.717, 1.165) is 0 Å². The van der Waals surface area contributed by atoms with Gasteiger partial charge in [0.15, 0.2) is 5.54 Å². The molecule has 1 amide bonds. The van der Waals surface area contributed by atoms with E-state index in [2.05, 4.69) is 5.32 Å². The number of carbonyl (C=O) groups is 1. The Morgan fingerprint density at radius 2 is 1.95 bits per heavy atom. The molecule has 0 radical (unpaired) electrons. The fraction of sp³-hybridized carbons (Fsp3) is 0.417. The van der Waals surface area contributed by atoms with Crippen LogP contribution in [-0.4, -0.2) is 24.7 Å². The van der Waals surface area contributed by atoms with Crippen LogP contribution in [0.25, 0.3) is 0 Å². The Hall–Kier alpha value is -1.76. The molecule has 0 aromatic heterocycles. The van der Waals surface area contributed by atoms with Crippen molar-refractivity contribution in [3.8, 4) is 5.75 Å². The van der Waals surface area contributed by atoms with E-state index in [0.29, 0.717) is 18.2 Å². The van der Waals surface area contributed by atoms with Gasteiger partial charge in [0.05, 0.1) is 7.11 Å². The highest BCUT2D eigenvalue weighted by molar-refractivity contribution is 5.98. The first kappa shape index (κ1) is 15.3. The van der Waals surface area contributed by atoms with Crippen molar-refractivity contribution in [3.05, 3.63) is 23.8 Å². The highest BCUT2D eigenvalue weighted by atomic mass is 19.4. The summed E-state index contributed by atoms with van der Waals surface area (Å²) in [5.41, 5.74) is 2.92. The molecule has 3 N–H and O–H groups in total. The van der Waals surface area contributed by atoms with Crippen LogP contribution in [-0.2, 0) is 4.79 Å². The Kier molecular flexibility index (Phi) is 4.09. The molecule has 1 atom stereocenters. The molecule has 1 unspecified atom stereocenters. The van der Waals surface area contributed by atoms with Crippen LogP contribution in [0.2, 0.25) is 0 Å². The Balaban J connectivity index is 2.95. The second-order valence-electron chi connectivity index (χ2n) is 4.34. The molecule has 0 aliphatic rings. The summed E-state index contributed by atoms with van der Waals surface area (Å²) in [4.78, 5) is 11.6. The van der Waals surface area contributed by atoms with Crippen LogP contribution in [0.5, 0.6) is 5.75 Å². The molecule has 1 aromatic rings. The zero-order chi connectivity index (χ0) is 14.8. The summed E-state index contributed by atoms with van der Waals surface area (Å²) >= 11 is 0. The number of amides is 1. The van der Waals surface area contributed by atoms with Crippen LogP contribution >= 0.6 is 0 Å². The number of hydrogen-bond acceptors (Lipinski definition) is 3. The molecule has 106 valence electrons. The van der Waals surface area contributed by atoms with Gasteiger partial charge in [-0.05, 0) is 37.6 Å². The molecule has 0 saturated heterocycles. The average molecular weight is 276 g/mol. The second kappa shape index (κ2) is 5.08. The topological polar surface area (TPSA) is 64.3 Å². The zero-order valence-electron chi connectivity index (χ0n) is 10.8. The van der Waals surface area contributed by atoms with Crippen molar-refractivity contribution < 1.29 is 22.7 Å². The summed E-state index contributed by atoms with van der Waals surface area (Å²) in [6.45, 7) is 2.26. The van der Waals surface area contributed by atoms with Crippen molar-refractivity contribution >= 4 is 11.6 Å². The second-order valence-corrected chi connectivity index (χ2v) is 4.34. The lowest BCUT2D eigenvalue weighted by molar-refractivity contribution is -0.184. The van der Waals surface area contributed by atoms with E-state index < -0.39 is 17.6 Å². The van der Waals surface area contributed by atoms with E-state index in [9.17, 15) is 18.0 Å². The predicted octanol–water partition coefficient (Wildman–Crippen LogP) is 2.22. The predicted molar refractivity (Wildman–Crippen MR) is 65.0 cm³/mol. The first-order valence-electron chi connectivity index (χ1n) is 5.41. The SMILES string of the molecule is COc1ccc(NC(=O)C(C)(N)C(F)(F)F)c(C)c1. The van der Waals surface area contributed by atoms with Crippen molar-refractivity contribution in [2.75, 3.05) is 12.4 Å². The molecule has 0 bridgehead atoms. The smallest absolute Gasteiger partial charge is 0.415 e. The molecular weight excluding hydrogens is 261 g/mol. The molecule has 0 spiro atoms. The van der Waals surface area contributed by atoms with Crippen molar-refractivity contribution in [3.63, 3.8) is 0 Å². The number of nitrogens with one attached hydrogen (secondary N) is 1. The quantitative estimate of drug-likeness (QED) is 0.889. The molecule has 4 nitrogen and oxygen atoms in total. The van der Waals surface area contributed by atoms with Gasteiger partial charge in [-0.1, -0.05) is 0 Å². The minimum atomic E-state index is -4.82. The number of rotatable bonds is 3. The van der Waals surface area contributed by atoms with Gasteiger partial charge in [0.2, 0.25) is 0 Å². The highest BCUT2D eigenvalue weighted by Gasteiger charge is 2.54. The minimum Gasteiger partial charge on any atom is -0.497 e. The number of benzene rings is 1. The molecule has 19 heavy (non-hydrogen) atoms. The maximum absolute atomic E-state index is 12.6. The minimum absolute atomic E-state index is 0.256. The van der Waals surface area contributed by atoms with Gasteiger partial charge in [-0.25, -0.2) is 0 Å². The highest BCUT2D eigenvalue weighted by Crippen LogP contribution is 2.30. The molecule has 7 heteroatoms. The van der Waals surface area contributed by atoms with Gasteiger partial charge < -0.3 is 15.8 Å². The van der Waals surface area contributed by atoms with Crippen molar-refractivity contribution in [2.24, 2.45) is 5.73 Å². The van der Waals surface area contributed by atoms with Gasteiger partial charge in [0.1, 0.15) is 5.75 Å². The first-order valence-corrected chi connectivity index (χ1v) is 5.41. The third-order valence-corrected chi connectivity index (χ3v) is 2.74. The molecule has 0 aliphatic heterocycles. The van der Waals surface area contributed by atoms with Crippen molar-refractivity contribution in [2.45, 2.75) is 25.6 Å². The standard InChI is InChI=1S/C12H15F3N2O2/c1-7-6-8(19-3)4-5-9(7)17-10(18)11(2,16)12(13,14)15/h4-6H,16H2,1-3H3,(H,17,18). The Labute approximate surface area is 108 Å². The van der Waals surface area contributed by atoms with Crippen LogP contribution in [0, 0.1) is 6.92 Å². The summed E-state index contributed by atoms with van der Waals surface area (Å²) in [6.07, 6.45) is -4.82. The summed E-state index contributed by atoms with van der Waals surface area (Å²) in [5, 5.41) is 2.17. The van der Waals surface area contributed by atoms with E-state index in [4.69, 9.17) is 10.5 Å². The average Bonchev–Trinajstić information content (AvgIpc) is 2.30. The van der Waals surface area contributed by atoms with Gasteiger partial charge in [-0.15, -0.1) is 0 Å². The lowest BCUT2D eigenvalue weighted by Crippen LogP contribution is -2.59. The third-order valence-electron chi connectivity index (χ3n) is 2.74. The molecule has 1 aromatic carbocycles. The van der Waals surface area contributed by atoms with Gasteiger partial charge in [0.25, 0.3) is 5.91 Å². The van der Waals surface area contributed by atoms with Gasteiger partial charge in [-0.3, -0.25) is 4.79 Å². The summed E-state index contributed by atoms with van der Waals surface area (Å²) in [5.74, 6) is -0.768. The Bertz CT molecular complexity index is 484. The van der Waals surface area contributed by atoms with Gasteiger partial charge >= 0.3 is 6.18 Å². The number of hydrogen-bond donors (Lipinski definition) is 2. The number of alkyl halides is 3. The Morgan fingerprint density at radius 1 is 1.37 bits per heavy atom. The number of anilines is 1. The largest absolute Gasteiger partial charge is 0.497 e. The fourth-order valence-corrected chi connectivity index (χ4v) is 1.28. The maximum atomic E-state index is 12.6. The molecule has 0 fully saturated rings. The lowest BCUT2D eigenvalue weighted by Gasteiger charge is -2.26. The van der Waals surface area contributed by atoms with Crippen LogP contribution < -0.4 is 15.8 Å². The zero-order valence-corrected chi connectivity index (χ0v) is 10.8. The molecular formula is C12H15F3N2O2. The van der Waals surface area contributed by atoms with E-state index in [-0.39, 0.29) is 5.69 Å². The van der Waals surface area contributed by atoms with Crippen molar-refractivity contribution in [1.29, 1.82) is 0 Å². The molecule has 1 rings (SSSR count). The van der Waals surface area contributed by atoms with E-state index in [1.807, 2.05) is 0 Å². The Morgan fingerprint density at radius 3 is 2.37 bits per heavy atom. The summed E-state index contributed by atoms with van der Waals surface area (Å²) in [7, 11) is 1.47. The molecule has 0 saturated carbocycles. The van der Waals surface area contributed by atoms with Crippen LogP contribution in [0.4, 0.5) is 18.9 Å². The molecule has 0 heterocycles.